The lowest BCUT2D eigenvalue weighted by atomic mass is 10.1. The highest BCUT2D eigenvalue weighted by molar-refractivity contribution is 5.66. The van der Waals surface area contributed by atoms with Crippen molar-refractivity contribution >= 4 is 11.9 Å². The van der Waals surface area contributed by atoms with E-state index in [0.29, 0.717) is 19.8 Å². The Morgan fingerprint density at radius 1 is 0.875 bits per heavy atom. The molecule has 5 nitrogen and oxygen atoms in total. The average Bonchev–Trinajstić information content (AvgIpc) is 2.51. The van der Waals surface area contributed by atoms with Gasteiger partial charge in [-0.25, -0.2) is 0 Å². The highest BCUT2D eigenvalue weighted by Crippen LogP contribution is 2.02. The minimum atomic E-state index is -0.262. The van der Waals surface area contributed by atoms with Gasteiger partial charge >= 0.3 is 11.9 Å². The van der Waals surface area contributed by atoms with Crippen molar-refractivity contribution in [2.45, 2.75) is 47.5 Å². The second-order valence-electron chi connectivity index (χ2n) is 5.11. The van der Waals surface area contributed by atoms with E-state index < -0.39 is 0 Å². The number of esters is 2. The molecule has 1 aromatic carbocycles. The van der Waals surface area contributed by atoms with E-state index >= 15 is 0 Å². The van der Waals surface area contributed by atoms with Gasteiger partial charge < -0.3 is 14.2 Å². The van der Waals surface area contributed by atoms with E-state index in [2.05, 4.69) is 59.2 Å². The third-order valence-electron chi connectivity index (χ3n) is 2.82. The van der Waals surface area contributed by atoms with E-state index in [0.717, 1.165) is 12.8 Å². The van der Waals surface area contributed by atoms with Gasteiger partial charge in [0.15, 0.2) is 0 Å². The van der Waals surface area contributed by atoms with E-state index in [1.807, 2.05) is 0 Å². The Morgan fingerprint density at radius 2 is 1.33 bits per heavy atom. The van der Waals surface area contributed by atoms with Gasteiger partial charge in [-0.1, -0.05) is 37.6 Å². The standard InChI is InChI=1S/C8H10.C6H12O2.C5H10O3/c1-7-5-3-4-6-8(7)2;1-3-4-5-8-6(2)7;1-5(6)8-4-3-7-2/h3-6H,1-2H3;3-5H2,1-2H3;3-4H2,1-2H3. The van der Waals surface area contributed by atoms with Crippen LogP contribution in [-0.2, 0) is 23.8 Å². The number of hydrogen-bond acceptors (Lipinski definition) is 5. The van der Waals surface area contributed by atoms with Crippen LogP contribution in [0.1, 0.15) is 44.7 Å². The summed E-state index contributed by atoms with van der Waals surface area (Å²) in [5.74, 6) is -0.444. The molecule has 0 bridgehead atoms. The Bertz CT molecular complexity index is 402. The normalized spacial score (nSPS) is 8.92. The van der Waals surface area contributed by atoms with Crippen LogP contribution in [0.4, 0.5) is 0 Å². The molecule has 24 heavy (non-hydrogen) atoms. The van der Waals surface area contributed by atoms with Gasteiger partial charge in [-0.05, 0) is 31.4 Å². The van der Waals surface area contributed by atoms with Gasteiger partial charge in [-0.2, -0.15) is 0 Å². The number of rotatable bonds is 6. The maximum atomic E-state index is 10.1. The minimum absolute atomic E-state index is 0.182. The van der Waals surface area contributed by atoms with Crippen molar-refractivity contribution in [3.8, 4) is 0 Å². The molecule has 0 saturated heterocycles. The zero-order valence-corrected chi connectivity index (χ0v) is 15.9. The van der Waals surface area contributed by atoms with Gasteiger partial charge in [-0.15, -0.1) is 0 Å². The highest BCUT2D eigenvalue weighted by atomic mass is 16.6. The summed E-state index contributed by atoms with van der Waals surface area (Å²) in [5, 5.41) is 0. The monoisotopic (exact) mass is 340 g/mol. The van der Waals surface area contributed by atoms with E-state index in [1.165, 1.54) is 25.0 Å². The van der Waals surface area contributed by atoms with E-state index in [-0.39, 0.29) is 11.9 Å². The first kappa shape index (κ1) is 24.4. The second-order valence-corrected chi connectivity index (χ2v) is 5.11. The molecule has 0 aliphatic heterocycles. The molecular weight excluding hydrogens is 308 g/mol. The Hall–Kier alpha value is -1.88. The van der Waals surface area contributed by atoms with Gasteiger partial charge in [0.05, 0.1) is 13.2 Å². The Kier molecular flexibility index (Phi) is 17.7. The third-order valence-corrected chi connectivity index (χ3v) is 2.82. The maximum absolute atomic E-state index is 10.1. The fourth-order valence-electron chi connectivity index (χ4n) is 1.29. The summed E-state index contributed by atoms with van der Waals surface area (Å²) < 4.78 is 13.8. The molecule has 0 aromatic heterocycles. The molecule has 1 rings (SSSR count). The molecule has 0 heterocycles. The number of methoxy groups -OCH3 is 1. The third kappa shape index (κ3) is 20.1. The van der Waals surface area contributed by atoms with Crippen LogP contribution in [0.3, 0.4) is 0 Å². The van der Waals surface area contributed by atoms with Crippen molar-refractivity contribution in [2.75, 3.05) is 26.9 Å². The molecular formula is C19H32O5. The summed E-state index contributed by atoms with van der Waals surface area (Å²) in [6.07, 6.45) is 2.05. The van der Waals surface area contributed by atoms with Crippen LogP contribution in [-0.4, -0.2) is 38.9 Å². The predicted octanol–water partition coefficient (Wildman–Crippen LogP) is 3.85. The first-order valence-electron chi connectivity index (χ1n) is 8.13. The van der Waals surface area contributed by atoms with Crippen LogP contribution in [0.15, 0.2) is 24.3 Å². The number of unbranched alkanes of at least 4 members (excludes halogenated alkanes) is 1. The van der Waals surface area contributed by atoms with Gasteiger partial charge in [0, 0.05) is 21.0 Å². The van der Waals surface area contributed by atoms with Crippen LogP contribution in [0.5, 0.6) is 0 Å². The van der Waals surface area contributed by atoms with Crippen LogP contribution < -0.4 is 0 Å². The van der Waals surface area contributed by atoms with E-state index in [9.17, 15) is 9.59 Å². The molecule has 1 aromatic rings. The molecule has 0 unspecified atom stereocenters. The Labute approximate surface area is 146 Å². The van der Waals surface area contributed by atoms with E-state index in [1.54, 1.807) is 7.11 Å². The molecule has 0 atom stereocenters. The summed E-state index contributed by atoms with van der Waals surface area (Å²) in [6, 6.07) is 8.36. The highest BCUT2D eigenvalue weighted by Gasteiger charge is 1.89. The maximum Gasteiger partial charge on any atom is 0.302 e. The zero-order valence-electron chi connectivity index (χ0n) is 15.9. The van der Waals surface area contributed by atoms with E-state index in [4.69, 9.17) is 0 Å². The summed E-state index contributed by atoms with van der Waals surface area (Å²) in [5.41, 5.74) is 2.74. The summed E-state index contributed by atoms with van der Waals surface area (Å²) in [7, 11) is 1.56. The number of carbonyl (C=O) groups is 2. The molecule has 0 saturated carbocycles. The van der Waals surface area contributed by atoms with Crippen molar-refractivity contribution in [3.63, 3.8) is 0 Å². The summed E-state index contributed by atoms with van der Waals surface area (Å²) in [6.45, 7) is 10.5. The number of benzene rings is 1. The van der Waals surface area contributed by atoms with Crippen LogP contribution >= 0.6 is 0 Å². The van der Waals surface area contributed by atoms with Crippen LogP contribution in [0.25, 0.3) is 0 Å². The van der Waals surface area contributed by atoms with Gasteiger partial charge in [-0.3, -0.25) is 9.59 Å². The number of aryl methyl sites for hydroxylation is 2. The lowest BCUT2D eigenvalue weighted by molar-refractivity contribution is -0.142. The molecule has 0 aliphatic carbocycles. The summed E-state index contributed by atoms with van der Waals surface area (Å²) >= 11 is 0. The number of carbonyl (C=O) groups excluding carboxylic acids is 2. The first-order valence-corrected chi connectivity index (χ1v) is 8.13. The van der Waals surface area contributed by atoms with Crippen molar-refractivity contribution in [1.29, 1.82) is 0 Å². The summed E-state index contributed by atoms with van der Waals surface area (Å²) in [4.78, 5) is 20.1. The number of ether oxygens (including phenoxy) is 3. The topological polar surface area (TPSA) is 61.8 Å². The largest absolute Gasteiger partial charge is 0.466 e. The smallest absolute Gasteiger partial charge is 0.302 e. The molecule has 0 aliphatic rings. The first-order chi connectivity index (χ1) is 11.3. The molecule has 5 heteroatoms. The lowest BCUT2D eigenvalue weighted by Gasteiger charge is -1.97. The van der Waals surface area contributed by atoms with Gasteiger partial charge in [0.25, 0.3) is 0 Å². The SMILES string of the molecule is CCCCOC(C)=O.COCCOC(C)=O.Cc1ccccc1C. The van der Waals surface area contributed by atoms with Gasteiger partial charge in [0.1, 0.15) is 6.61 Å². The Morgan fingerprint density at radius 3 is 1.67 bits per heavy atom. The molecule has 0 fully saturated rings. The second kappa shape index (κ2) is 17.5. The fourth-order valence-corrected chi connectivity index (χ4v) is 1.29. The van der Waals surface area contributed by atoms with Crippen LogP contribution in [0.2, 0.25) is 0 Å². The van der Waals surface area contributed by atoms with Gasteiger partial charge in [0.2, 0.25) is 0 Å². The molecule has 0 radical (unpaired) electrons. The molecule has 138 valence electrons. The van der Waals surface area contributed by atoms with Crippen molar-refractivity contribution in [3.05, 3.63) is 35.4 Å². The average molecular weight is 340 g/mol. The van der Waals surface area contributed by atoms with Crippen molar-refractivity contribution in [2.24, 2.45) is 0 Å². The quantitative estimate of drug-likeness (QED) is 0.581. The van der Waals surface area contributed by atoms with Crippen LogP contribution in [0, 0.1) is 13.8 Å². The number of hydrogen-bond donors (Lipinski definition) is 0. The van der Waals surface area contributed by atoms with Crippen molar-refractivity contribution < 1.29 is 23.8 Å². The predicted molar refractivity (Wildman–Crippen MR) is 96.0 cm³/mol. The van der Waals surface area contributed by atoms with Crippen molar-refractivity contribution in [1.82, 2.24) is 0 Å². The molecule has 0 N–H and O–H groups in total. The Balaban J connectivity index is 0. The molecule has 0 amide bonds. The zero-order chi connectivity index (χ0) is 18.8. The molecule has 0 spiro atoms. The lowest BCUT2D eigenvalue weighted by Crippen LogP contribution is -2.05. The fraction of sp³-hybridized carbons (Fsp3) is 0.579. The minimum Gasteiger partial charge on any atom is -0.466 e.